The molecule has 0 spiro atoms. The van der Waals surface area contributed by atoms with Crippen LogP contribution in [0.1, 0.15) is 24.2 Å². The summed E-state index contributed by atoms with van der Waals surface area (Å²) < 4.78 is 3.05. The van der Waals surface area contributed by atoms with Gasteiger partial charge in [0.05, 0.1) is 10.9 Å². The van der Waals surface area contributed by atoms with E-state index in [1.165, 1.54) is 30.0 Å². The van der Waals surface area contributed by atoms with Gasteiger partial charge in [0.2, 0.25) is 5.91 Å². The van der Waals surface area contributed by atoms with Crippen LogP contribution in [0.5, 0.6) is 0 Å². The Morgan fingerprint density at radius 3 is 2.63 bits per heavy atom. The Labute approximate surface area is 170 Å². The highest BCUT2D eigenvalue weighted by Crippen LogP contribution is 2.28. The Morgan fingerprint density at radius 1 is 1.19 bits per heavy atom. The molecule has 0 fully saturated rings. The molecular weight excluding hydrogens is 398 g/mol. The lowest BCUT2D eigenvalue weighted by Crippen LogP contribution is -2.22. The number of benzene rings is 2. The van der Waals surface area contributed by atoms with Crippen molar-refractivity contribution >= 4 is 52.7 Å². The number of Topliss-reactive ketones (excluding diaryl/α,β-unsaturated/α-hetero) is 1. The first-order valence-electron chi connectivity index (χ1n) is 8.18. The zero-order chi connectivity index (χ0) is 19.4. The number of nitrogens with zero attached hydrogens (tertiary/aromatic N) is 2. The summed E-state index contributed by atoms with van der Waals surface area (Å²) in [6, 6.07) is 16.5. The molecule has 1 heterocycles. The van der Waals surface area contributed by atoms with Crippen molar-refractivity contribution in [1.29, 1.82) is 0 Å². The second kappa shape index (κ2) is 8.60. The lowest BCUT2D eigenvalue weighted by atomic mass is 10.1. The fourth-order valence-corrected chi connectivity index (χ4v) is 4.81. The smallest absolute Gasteiger partial charge is 0.237 e. The second-order valence-electron chi connectivity index (χ2n) is 5.77. The molecule has 1 aromatic heterocycles. The van der Waals surface area contributed by atoms with E-state index in [-0.39, 0.29) is 16.9 Å². The number of thioether (sulfide) groups is 1. The average molecular weight is 416 g/mol. The van der Waals surface area contributed by atoms with Gasteiger partial charge >= 0.3 is 0 Å². The van der Waals surface area contributed by atoms with Crippen LogP contribution in [0.2, 0.25) is 0 Å². The molecule has 0 aliphatic rings. The number of nitrogens with one attached hydrogen (secondary N) is 1. The van der Waals surface area contributed by atoms with E-state index in [4.69, 9.17) is 12.2 Å². The van der Waals surface area contributed by atoms with E-state index in [0.29, 0.717) is 15.2 Å². The largest absolute Gasteiger partial charge is 0.325 e. The van der Waals surface area contributed by atoms with Crippen LogP contribution in [-0.4, -0.2) is 26.7 Å². The fraction of sp³-hybridized carbons (Fsp3) is 0.158. The highest BCUT2D eigenvalue weighted by Gasteiger charge is 2.18. The SMILES string of the molecule is CC(=O)c1cccc(NC(=O)C(C)Sc2nn(-c3ccccc3)c(=S)s2)c1. The summed E-state index contributed by atoms with van der Waals surface area (Å²) in [5.41, 5.74) is 2.05. The van der Waals surface area contributed by atoms with Gasteiger partial charge in [-0.1, -0.05) is 53.4 Å². The Bertz CT molecular complexity index is 1030. The van der Waals surface area contributed by atoms with Gasteiger partial charge in [0.25, 0.3) is 0 Å². The summed E-state index contributed by atoms with van der Waals surface area (Å²) >= 11 is 8.11. The molecule has 0 saturated carbocycles. The summed E-state index contributed by atoms with van der Waals surface area (Å²) in [6.45, 7) is 3.31. The molecule has 1 atom stereocenters. The van der Waals surface area contributed by atoms with Gasteiger partial charge in [0.15, 0.2) is 14.1 Å². The van der Waals surface area contributed by atoms with Gasteiger partial charge in [-0.05, 0) is 50.3 Å². The number of aromatic nitrogens is 2. The van der Waals surface area contributed by atoms with Crippen LogP contribution in [0.15, 0.2) is 58.9 Å². The average Bonchev–Trinajstić information content (AvgIpc) is 3.02. The molecule has 1 amide bonds. The molecule has 5 nitrogen and oxygen atoms in total. The third-order valence-corrected chi connectivity index (χ3v) is 6.13. The fourth-order valence-electron chi connectivity index (χ4n) is 2.31. The molecule has 27 heavy (non-hydrogen) atoms. The summed E-state index contributed by atoms with van der Waals surface area (Å²) in [5, 5.41) is 6.99. The lowest BCUT2D eigenvalue weighted by molar-refractivity contribution is -0.115. The molecule has 8 heteroatoms. The van der Waals surface area contributed by atoms with E-state index in [0.717, 1.165) is 10.0 Å². The van der Waals surface area contributed by atoms with Crippen LogP contribution in [0.25, 0.3) is 5.69 Å². The summed E-state index contributed by atoms with van der Waals surface area (Å²) in [6.07, 6.45) is 0. The first kappa shape index (κ1) is 19.5. The van der Waals surface area contributed by atoms with E-state index in [1.807, 2.05) is 37.3 Å². The molecule has 3 rings (SSSR count). The van der Waals surface area contributed by atoms with Crippen molar-refractivity contribution in [1.82, 2.24) is 9.78 Å². The molecule has 138 valence electrons. The Balaban J connectivity index is 1.69. The number of hydrogen-bond donors (Lipinski definition) is 1. The number of ketones is 1. The van der Waals surface area contributed by atoms with Crippen LogP contribution >= 0.6 is 35.3 Å². The van der Waals surface area contributed by atoms with Crippen molar-refractivity contribution in [3.05, 3.63) is 64.1 Å². The molecule has 0 bridgehead atoms. The van der Waals surface area contributed by atoms with Crippen molar-refractivity contribution in [2.45, 2.75) is 23.4 Å². The number of amides is 1. The van der Waals surface area contributed by atoms with Crippen LogP contribution in [-0.2, 0) is 4.79 Å². The van der Waals surface area contributed by atoms with Gasteiger partial charge in [0.1, 0.15) is 0 Å². The van der Waals surface area contributed by atoms with Crippen molar-refractivity contribution < 1.29 is 9.59 Å². The third-order valence-electron chi connectivity index (χ3n) is 3.71. The minimum Gasteiger partial charge on any atom is -0.325 e. The molecule has 0 radical (unpaired) electrons. The van der Waals surface area contributed by atoms with Crippen LogP contribution in [0, 0.1) is 3.95 Å². The molecule has 0 aliphatic carbocycles. The topological polar surface area (TPSA) is 64.0 Å². The van der Waals surface area contributed by atoms with E-state index >= 15 is 0 Å². The van der Waals surface area contributed by atoms with E-state index in [1.54, 1.807) is 28.9 Å². The summed E-state index contributed by atoms with van der Waals surface area (Å²) in [4.78, 5) is 24.0. The summed E-state index contributed by atoms with van der Waals surface area (Å²) in [5.74, 6) is -0.201. The van der Waals surface area contributed by atoms with Gasteiger partial charge in [-0.2, -0.15) is 0 Å². The molecule has 0 aliphatic heterocycles. The van der Waals surface area contributed by atoms with E-state index < -0.39 is 0 Å². The standard InChI is InChI=1S/C19H17N3O2S3/c1-12(23)14-7-6-8-15(11-14)20-17(24)13(2)26-18-21-22(19(25)27-18)16-9-4-3-5-10-16/h3-11,13H,1-2H3,(H,20,24). The van der Waals surface area contributed by atoms with E-state index in [2.05, 4.69) is 10.4 Å². The molecule has 1 unspecified atom stereocenters. The van der Waals surface area contributed by atoms with Gasteiger partial charge < -0.3 is 5.32 Å². The Hall–Kier alpha value is -2.29. The predicted octanol–water partition coefficient (Wildman–Crippen LogP) is 4.99. The molecule has 3 aromatic rings. The first-order valence-corrected chi connectivity index (χ1v) is 10.3. The Kier molecular flexibility index (Phi) is 6.20. The minimum absolute atomic E-state index is 0.0419. The van der Waals surface area contributed by atoms with Gasteiger partial charge in [0, 0.05) is 11.3 Å². The Morgan fingerprint density at radius 2 is 1.93 bits per heavy atom. The zero-order valence-electron chi connectivity index (χ0n) is 14.7. The summed E-state index contributed by atoms with van der Waals surface area (Å²) in [7, 11) is 0. The van der Waals surface area contributed by atoms with Crippen molar-refractivity contribution in [2.24, 2.45) is 0 Å². The van der Waals surface area contributed by atoms with Crippen LogP contribution in [0.4, 0.5) is 5.69 Å². The normalized spacial score (nSPS) is 11.8. The molecule has 2 aromatic carbocycles. The quantitative estimate of drug-likeness (QED) is 0.349. The van der Waals surface area contributed by atoms with E-state index in [9.17, 15) is 9.59 Å². The molecule has 0 saturated heterocycles. The second-order valence-corrected chi connectivity index (χ2v) is 8.98. The van der Waals surface area contributed by atoms with Gasteiger partial charge in [-0.15, -0.1) is 5.10 Å². The number of carbonyl (C=O) groups excluding carboxylic acids is 2. The maximum Gasteiger partial charge on any atom is 0.237 e. The lowest BCUT2D eigenvalue weighted by Gasteiger charge is -2.11. The third kappa shape index (κ3) is 4.91. The molecular formula is C19H17N3O2S3. The first-order chi connectivity index (χ1) is 12.9. The zero-order valence-corrected chi connectivity index (χ0v) is 17.2. The number of rotatable bonds is 6. The number of carbonyl (C=O) groups is 2. The molecule has 1 N–H and O–H groups in total. The van der Waals surface area contributed by atoms with Crippen LogP contribution < -0.4 is 5.32 Å². The van der Waals surface area contributed by atoms with Crippen molar-refractivity contribution in [3.8, 4) is 5.69 Å². The number of anilines is 1. The van der Waals surface area contributed by atoms with Gasteiger partial charge in [-0.3, -0.25) is 9.59 Å². The maximum atomic E-state index is 12.5. The highest BCUT2D eigenvalue weighted by molar-refractivity contribution is 8.02. The maximum absolute atomic E-state index is 12.5. The van der Waals surface area contributed by atoms with Gasteiger partial charge in [-0.25, -0.2) is 4.68 Å². The van der Waals surface area contributed by atoms with Crippen molar-refractivity contribution in [2.75, 3.05) is 5.32 Å². The monoisotopic (exact) mass is 415 g/mol. The minimum atomic E-state index is -0.365. The predicted molar refractivity (Wildman–Crippen MR) is 113 cm³/mol. The number of para-hydroxylation sites is 1. The van der Waals surface area contributed by atoms with Crippen LogP contribution in [0.3, 0.4) is 0 Å². The number of hydrogen-bond acceptors (Lipinski definition) is 6. The highest BCUT2D eigenvalue weighted by atomic mass is 32.2. The van der Waals surface area contributed by atoms with Crippen molar-refractivity contribution in [3.63, 3.8) is 0 Å².